The molecule has 0 spiro atoms. The molecule has 7 heteroatoms. The summed E-state index contributed by atoms with van der Waals surface area (Å²) in [7, 11) is 3.03. The van der Waals surface area contributed by atoms with Gasteiger partial charge in [0.2, 0.25) is 5.91 Å². The van der Waals surface area contributed by atoms with Crippen LogP contribution in [0, 0.1) is 11.3 Å². The molecule has 0 saturated carbocycles. The maximum absolute atomic E-state index is 13.3. The monoisotopic (exact) mass is 377 g/mol. The molecule has 1 aromatic rings. The minimum absolute atomic E-state index is 0.0883. The zero-order chi connectivity index (χ0) is 20.4. The number of rotatable bonds is 5. The Labute approximate surface area is 161 Å². The SMILES string of the molecule is COc1cc(NC(=O)C(C)(C)C)c(C(=O)N2CC(CN)CC2C)cc1OC. The zero-order valence-electron chi connectivity index (χ0n) is 17.1. The lowest BCUT2D eigenvalue weighted by Crippen LogP contribution is -2.35. The van der Waals surface area contributed by atoms with Crippen molar-refractivity contribution in [1.82, 2.24) is 4.90 Å². The van der Waals surface area contributed by atoms with E-state index in [4.69, 9.17) is 15.2 Å². The zero-order valence-corrected chi connectivity index (χ0v) is 17.1. The molecule has 0 aliphatic carbocycles. The summed E-state index contributed by atoms with van der Waals surface area (Å²) in [6.07, 6.45) is 0.874. The summed E-state index contributed by atoms with van der Waals surface area (Å²) >= 11 is 0. The van der Waals surface area contributed by atoms with Gasteiger partial charge in [-0.25, -0.2) is 0 Å². The van der Waals surface area contributed by atoms with Gasteiger partial charge in [-0.05, 0) is 31.9 Å². The van der Waals surface area contributed by atoms with Crippen molar-refractivity contribution < 1.29 is 19.1 Å². The second kappa shape index (κ2) is 8.17. The number of anilines is 1. The summed E-state index contributed by atoms with van der Waals surface area (Å²) in [5.74, 6) is 0.850. The molecule has 0 bridgehead atoms. The van der Waals surface area contributed by atoms with Crippen molar-refractivity contribution >= 4 is 17.5 Å². The number of hydrogen-bond donors (Lipinski definition) is 2. The first-order valence-corrected chi connectivity index (χ1v) is 9.20. The van der Waals surface area contributed by atoms with Crippen molar-refractivity contribution in [3.05, 3.63) is 17.7 Å². The first-order valence-electron chi connectivity index (χ1n) is 9.20. The summed E-state index contributed by atoms with van der Waals surface area (Å²) in [5.41, 5.74) is 6.00. The fourth-order valence-electron chi connectivity index (χ4n) is 3.22. The van der Waals surface area contributed by atoms with Crippen LogP contribution < -0.4 is 20.5 Å². The van der Waals surface area contributed by atoms with Crippen LogP contribution >= 0.6 is 0 Å². The van der Waals surface area contributed by atoms with Gasteiger partial charge >= 0.3 is 0 Å². The highest BCUT2D eigenvalue weighted by atomic mass is 16.5. The first kappa shape index (κ1) is 21.0. The number of carbonyl (C=O) groups is 2. The van der Waals surface area contributed by atoms with Crippen LogP contribution in [0.4, 0.5) is 5.69 Å². The van der Waals surface area contributed by atoms with Crippen molar-refractivity contribution in [2.24, 2.45) is 17.1 Å². The Morgan fingerprint density at radius 2 is 1.81 bits per heavy atom. The van der Waals surface area contributed by atoms with Gasteiger partial charge < -0.3 is 25.4 Å². The molecule has 27 heavy (non-hydrogen) atoms. The van der Waals surface area contributed by atoms with E-state index >= 15 is 0 Å². The van der Waals surface area contributed by atoms with Gasteiger partial charge in [0, 0.05) is 24.1 Å². The molecule has 150 valence electrons. The number of likely N-dealkylation sites (tertiary alicyclic amines) is 1. The van der Waals surface area contributed by atoms with Gasteiger partial charge in [-0.15, -0.1) is 0 Å². The minimum atomic E-state index is -0.598. The number of nitrogens with two attached hydrogens (primary N) is 1. The fraction of sp³-hybridized carbons (Fsp3) is 0.600. The van der Waals surface area contributed by atoms with Gasteiger partial charge in [-0.2, -0.15) is 0 Å². The molecule has 3 N–H and O–H groups in total. The number of benzene rings is 1. The molecule has 1 aliphatic rings. The summed E-state index contributed by atoms with van der Waals surface area (Å²) in [4.78, 5) is 27.6. The Balaban J connectivity index is 2.46. The normalized spacial score (nSPS) is 19.7. The molecular weight excluding hydrogens is 346 g/mol. The van der Waals surface area contributed by atoms with E-state index in [2.05, 4.69) is 5.32 Å². The van der Waals surface area contributed by atoms with Gasteiger partial charge in [0.1, 0.15) is 0 Å². The van der Waals surface area contributed by atoms with Gasteiger partial charge in [-0.3, -0.25) is 9.59 Å². The topological polar surface area (TPSA) is 93.9 Å². The lowest BCUT2D eigenvalue weighted by molar-refractivity contribution is -0.123. The summed E-state index contributed by atoms with van der Waals surface area (Å²) in [5, 5.41) is 2.87. The lowest BCUT2D eigenvalue weighted by Gasteiger charge is -2.25. The fourth-order valence-corrected chi connectivity index (χ4v) is 3.22. The first-order chi connectivity index (χ1) is 12.6. The molecule has 1 aliphatic heterocycles. The van der Waals surface area contributed by atoms with Crippen LogP contribution in [0.2, 0.25) is 0 Å². The van der Waals surface area contributed by atoms with E-state index in [0.717, 1.165) is 6.42 Å². The molecule has 0 aromatic heterocycles. The number of methoxy groups -OCH3 is 2. The third kappa shape index (κ3) is 4.53. The molecule has 1 fully saturated rings. The largest absolute Gasteiger partial charge is 0.493 e. The van der Waals surface area contributed by atoms with E-state index in [1.165, 1.54) is 14.2 Å². The van der Waals surface area contributed by atoms with E-state index in [1.807, 2.05) is 32.6 Å². The molecule has 2 unspecified atom stereocenters. The van der Waals surface area contributed by atoms with Crippen molar-refractivity contribution in [1.29, 1.82) is 0 Å². The van der Waals surface area contributed by atoms with Gasteiger partial charge in [0.05, 0.1) is 25.5 Å². The Bertz CT molecular complexity index is 712. The minimum Gasteiger partial charge on any atom is -0.493 e. The quantitative estimate of drug-likeness (QED) is 0.822. The molecule has 1 aromatic carbocycles. The van der Waals surface area contributed by atoms with Crippen LogP contribution in [0.3, 0.4) is 0 Å². The molecular formula is C20H31N3O4. The maximum Gasteiger partial charge on any atom is 0.256 e. The van der Waals surface area contributed by atoms with E-state index in [1.54, 1.807) is 12.1 Å². The summed E-state index contributed by atoms with van der Waals surface area (Å²) in [6, 6.07) is 3.35. The molecule has 1 saturated heterocycles. The predicted octanol–water partition coefficient (Wildman–Crippen LogP) is 2.50. The van der Waals surface area contributed by atoms with Gasteiger partial charge in [0.15, 0.2) is 11.5 Å². The van der Waals surface area contributed by atoms with E-state index in [9.17, 15) is 9.59 Å². The van der Waals surface area contributed by atoms with Crippen LogP contribution in [0.25, 0.3) is 0 Å². The predicted molar refractivity (Wildman–Crippen MR) is 105 cm³/mol. The van der Waals surface area contributed by atoms with Crippen LogP contribution in [0.15, 0.2) is 12.1 Å². The molecule has 1 heterocycles. The average molecular weight is 377 g/mol. The van der Waals surface area contributed by atoms with Crippen LogP contribution in [-0.4, -0.2) is 50.1 Å². The standard InChI is InChI=1S/C20H31N3O4/c1-12-7-13(10-21)11-23(12)18(24)14-8-16(26-5)17(27-6)9-15(14)22-19(25)20(2,3)4/h8-9,12-13H,7,10-11,21H2,1-6H3,(H,22,25). The molecule has 0 radical (unpaired) electrons. The van der Waals surface area contributed by atoms with Crippen LogP contribution in [0.5, 0.6) is 11.5 Å². The Morgan fingerprint density at radius 1 is 1.22 bits per heavy atom. The van der Waals surface area contributed by atoms with Crippen molar-refractivity contribution in [3.8, 4) is 11.5 Å². The number of carbonyl (C=O) groups excluding carboxylic acids is 2. The Morgan fingerprint density at radius 3 is 2.30 bits per heavy atom. The smallest absolute Gasteiger partial charge is 0.256 e. The van der Waals surface area contributed by atoms with E-state index < -0.39 is 5.41 Å². The van der Waals surface area contributed by atoms with Crippen LogP contribution in [0.1, 0.15) is 44.5 Å². The second-order valence-corrected chi connectivity index (χ2v) is 8.10. The molecule has 2 atom stereocenters. The number of hydrogen-bond acceptors (Lipinski definition) is 5. The third-order valence-electron chi connectivity index (χ3n) is 4.94. The average Bonchev–Trinajstić information content (AvgIpc) is 3.00. The molecule has 7 nitrogen and oxygen atoms in total. The number of ether oxygens (including phenoxy) is 2. The number of amides is 2. The van der Waals surface area contributed by atoms with Crippen molar-refractivity contribution in [2.75, 3.05) is 32.6 Å². The molecule has 2 amide bonds. The van der Waals surface area contributed by atoms with Crippen molar-refractivity contribution in [2.45, 2.75) is 40.2 Å². The summed E-state index contributed by atoms with van der Waals surface area (Å²) in [6.45, 7) is 8.63. The highest BCUT2D eigenvalue weighted by Crippen LogP contribution is 2.36. The summed E-state index contributed by atoms with van der Waals surface area (Å²) < 4.78 is 10.7. The van der Waals surface area contributed by atoms with E-state index in [0.29, 0.717) is 35.8 Å². The Kier molecular flexibility index (Phi) is 6.36. The maximum atomic E-state index is 13.3. The highest BCUT2D eigenvalue weighted by molar-refractivity contribution is 6.05. The van der Waals surface area contributed by atoms with Crippen LogP contribution in [-0.2, 0) is 4.79 Å². The second-order valence-electron chi connectivity index (χ2n) is 8.10. The van der Waals surface area contributed by atoms with Gasteiger partial charge in [0.25, 0.3) is 5.91 Å². The number of nitrogens with one attached hydrogen (secondary N) is 1. The van der Waals surface area contributed by atoms with E-state index in [-0.39, 0.29) is 23.8 Å². The lowest BCUT2D eigenvalue weighted by atomic mass is 9.95. The third-order valence-corrected chi connectivity index (χ3v) is 4.94. The molecule has 2 rings (SSSR count). The highest BCUT2D eigenvalue weighted by Gasteiger charge is 2.34. The van der Waals surface area contributed by atoms with Gasteiger partial charge in [-0.1, -0.05) is 20.8 Å². The van der Waals surface area contributed by atoms with Crippen molar-refractivity contribution in [3.63, 3.8) is 0 Å². The number of nitrogens with zero attached hydrogens (tertiary/aromatic N) is 1. The Hall–Kier alpha value is -2.28.